The highest BCUT2D eigenvalue weighted by molar-refractivity contribution is 7.89. The molecule has 0 radical (unpaired) electrons. The number of carbonyl (C=O) groups is 2. The van der Waals surface area contributed by atoms with Gasteiger partial charge in [-0.15, -0.1) is 0 Å². The molecule has 1 saturated carbocycles. The normalized spacial score (nSPS) is 13.4. The van der Waals surface area contributed by atoms with Crippen molar-refractivity contribution in [3.63, 3.8) is 0 Å². The van der Waals surface area contributed by atoms with E-state index in [9.17, 15) is 49.5 Å². The summed E-state index contributed by atoms with van der Waals surface area (Å²) in [5.41, 5.74) is 0.475. The molecule has 0 atom stereocenters. The van der Waals surface area contributed by atoms with Gasteiger partial charge in [-0.25, -0.2) is 48.3 Å². The fraction of sp³-hybridized carbons (Fsp3) is 0.297. The molecule has 0 aliphatic heterocycles. The number of amides is 1. The number of carboxylic acids is 1. The molecule has 0 saturated heterocycles. The summed E-state index contributed by atoms with van der Waals surface area (Å²) in [7, 11) is -4.87. The lowest BCUT2D eigenvalue weighted by molar-refractivity contribution is -0.119. The van der Waals surface area contributed by atoms with Crippen LogP contribution in [-0.2, 0) is 33.3 Å². The second-order valence-electron chi connectivity index (χ2n) is 13.7. The molecule has 17 heteroatoms. The molecule has 0 heterocycles. The van der Waals surface area contributed by atoms with E-state index in [0.29, 0.717) is 17.7 Å². The van der Waals surface area contributed by atoms with Crippen LogP contribution in [0.5, 0.6) is 5.75 Å². The Morgan fingerprint density at radius 1 is 0.796 bits per heavy atom. The standard InChI is InChI=1S/C37H32F8N2O6S/c1-37(2,3)23-12-18(11-22(13-23)19-5-6-19)15-47(25-10-8-20(36(49)50)14-26(25)53-4)27(48)17-46(16-21-7-9-24(38)29(40)28(21)39)54(51,52)35-33(44)31(42)30(41)32(43)34(35)45/h7-14,19H,5-6,15-17H2,1-4H3,(H,49,50). The van der Waals surface area contributed by atoms with Crippen LogP contribution in [0.4, 0.5) is 40.8 Å². The zero-order chi connectivity index (χ0) is 40.0. The first kappa shape index (κ1) is 40.2. The highest BCUT2D eigenvalue weighted by Crippen LogP contribution is 2.42. The van der Waals surface area contributed by atoms with Crippen molar-refractivity contribution < 1.29 is 63.0 Å². The van der Waals surface area contributed by atoms with E-state index >= 15 is 8.78 Å². The van der Waals surface area contributed by atoms with Gasteiger partial charge in [0.25, 0.3) is 0 Å². The smallest absolute Gasteiger partial charge is 0.335 e. The predicted molar refractivity (Wildman–Crippen MR) is 178 cm³/mol. The minimum absolute atomic E-state index is 0.144. The van der Waals surface area contributed by atoms with Crippen LogP contribution in [0, 0.1) is 46.5 Å². The molecule has 1 aliphatic carbocycles. The van der Waals surface area contributed by atoms with E-state index in [1.165, 1.54) is 0 Å². The van der Waals surface area contributed by atoms with Gasteiger partial charge in [0.15, 0.2) is 45.6 Å². The number of rotatable bonds is 12. The zero-order valence-corrected chi connectivity index (χ0v) is 29.9. The molecular formula is C37H32F8N2O6S. The lowest BCUT2D eigenvalue weighted by Gasteiger charge is -2.30. The Labute approximate surface area is 304 Å². The van der Waals surface area contributed by atoms with Crippen LogP contribution in [0.3, 0.4) is 0 Å². The quantitative estimate of drug-likeness (QED) is 0.0885. The van der Waals surface area contributed by atoms with E-state index in [2.05, 4.69) is 0 Å². The maximum atomic E-state index is 15.0. The number of carbonyl (C=O) groups excluding carboxylic acids is 1. The number of nitrogens with zero attached hydrogens (tertiary/aromatic N) is 2. The van der Waals surface area contributed by atoms with Crippen molar-refractivity contribution in [1.29, 1.82) is 0 Å². The molecule has 1 N–H and O–H groups in total. The first-order valence-electron chi connectivity index (χ1n) is 16.2. The van der Waals surface area contributed by atoms with Crippen molar-refractivity contribution in [2.24, 2.45) is 0 Å². The van der Waals surface area contributed by atoms with Gasteiger partial charge in [0, 0.05) is 12.1 Å². The van der Waals surface area contributed by atoms with Crippen LogP contribution in [0.25, 0.3) is 0 Å². The second kappa shape index (κ2) is 15.0. The van der Waals surface area contributed by atoms with Gasteiger partial charge >= 0.3 is 5.97 Å². The molecule has 1 fully saturated rings. The van der Waals surface area contributed by atoms with Crippen molar-refractivity contribution in [2.45, 2.75) is 62.9 Å². The van der Waals surface area contributed by atoms with Crippen LogP contribution in [0.1, 0.15) is 72.1 Å². The first-order valence-corrected chi connectivity index (χ1v) is 17.6. The first-order chi connectivity index (χ1) is 25.2. The number of benzene rings is 4. The molecule has 0 bridgehead atoms. The van der Waals surface area contributed by atoms with E-state index in [4.69, 9.17) is 4.74 Å². The predicted octanol–water partition coefficient (Wildman–Crippen LogP) is 8.11. The number of carboxylic acid groups (broad SMARTS) is 1. The van der Waals surface area contributed by atoms with Crippen molar-refractivity contribution >= 4 is 27.6 Å². The molecule has 0 spiro atoms. The summed E-state index contributed by atoms with van der Waals surface area (Å²) in [6, 6.07) is 9.83. The fourth-order valence-corrected chi connectivity index (χ4v) is 7.18. The Morgan fingerprint density at radius 2 is 1.41 bits per heavy atom. The minimum Gasteiger partial charge on any atom is -0.495 e. The number of ether oxygens (including phenoxy) is 1. The van der Waals surface area contributed by atoms with Gasteiger partial charge in [-0.05, 0) is 65.1 Å². The Bertz CT molecular complexity index is 2250. The molecule has 8 nitrogen and oxygen atoms in total. The van der Waals surface area contributed by atoms with Gasteiger partial charge < -0.3 is 14.7 Å². The summed E-state index contributed by atoms with van der Waals surface area (Å²) in [6.07, 6.45) is 1.79. The fourth-order valence-electron chi connectivity index (χ4n) is 5.70. The van der Waals surface area contributed by atoms with Gasteiger partial charge in [-0.1, -0.05) is 45.0 Å². The average molecular weight is 785 g/mol. The summed E-state index contributed by atoms with van der Waals surface area (Å²) in [4.78, 5) is 24.7. The van der Waals surface area contributed by atoms with Gasteiger partial charge in [-0.3, -0.25) is 4.79 Å². The van der Waals surface area contributed by atoms with E-state index in [0.717, 1.165) is 54.2 Å². The molecule has 0 unspecified atom stereocenters. The average Bonchev–Trinajstić information content (AvgIpc) is 3.97. The Hall–Kier alpha value is -5.03. The third kappa shape index (κ3) is 7.92. The number of halogens is 8. The van der Waals surface area contributed by atoms with Crippen molar-refractivity contribution in [3.8, 4) is 5.75 Å². The molecule has 288 valence electrons. The number of hydrogen-bond donors (Lipinski definition) is 1. The van der Waals surface area contributed by atoms with Gasteiger partial charge in [0.05, 0.1) is 31.5 Å². The van der Waals surface area contributed by atoms with E-state index in [-0.39, 0.29) is 33.8 Å². The highest BCUT2D eigenvalue weighted by atomic mass is 32.2. The molecule has 4 aromatic rings. The third-order valence-corrected chi connectivity index (χ3v) is 10.6. The monoisotopic (exact) mass is 784 g/mol. The molecule has 4 aromatic carbocycles. The van der Waals surface area contributed by atoms with Crippen LogP contribution >= 0.6 is 0 Å². The molecule has 5 rings (SSSR count). The summed E-state index contributed by atoms with van der Waals surface area (Å²) in [5, 5.41) is 9.56. The molecule has 0 aromatic heterocycles. The summed E-state index contributed by atoms with van der Waals surface area (Å²) in [6.45, 7) is 2.47. The zero-order valence-electron chi connectivity index (χ0n) is 29.0. The Kier molecular flexibility index (Phi) is 11.2. The molecular weight excluding hydrogens is 752 g/mol. The number of hydrogen-bond acceptors (Lipinski definition) is 5. The minimum atomic E-state index is -6.02. The number of aromatic carboxylic acids is 1. The number of methoxy groups -OCH3 is 1. The summed E-state index contributed by atoms with van der Waals surface area (Å²) in [5.74, 6) is -22.0. The van der Waals surface area contributed by atoms with E-state index in [1.807, 2.05) is 26.8 Å². The topological polar surface area (TPSA) is 104 Å². The van der Waals surface area contributed by atoms with Gasteiger partial charge in [0.2, 0.25) is 21.7 Å². The van der Waals surface area contributed by atoms with Gasteiger partial charge in [-0.2, -0.15) is 4.31 Å². The lowest BCUT2D eigenvalue weighted by atomic mass is 9.84. The maximum Gasteiger partial charge on any atom is 0.335 e. The Balaban J connectivity index is 1.69. The summed E-state index contributed by atoms with van der Waals surface area (Å²) >= 11 is 0. The highest BCUT2D eigenvalue weighted by Gasteiger charge is 2.39. The number of sulfonamides is 1. The third-order valence-electron chi connectivity index (χ3n) is 8.83. The Morgan fingerprint density at radius 3 is 1.96 bits per heavy atom. The largest absolute Gasteiger partial charge is 0.495 e. The molecule has 1 amide bonds. The molecule has 1 aliphatic rings. The van der Waals surface area contributed by atoms with Crippen LogP contribution < -0.4 is 9.64 Å². The van der Waals surface area contributed by atoms with Crippen LogP contribution in [0.2, 0.25) is 0 Å². The van der Waals surface area contributed by atoms with Crippen molar-refractivity contribution in [1.82, 2.24) is 4.31 Å². The van der Waals surface area contributed by atoms with Crippen molar-refractivity contribution in [2.75, 3.05) is 18.6 Å². The summed E-state index contributed by atoms with van der Waals surface area (Å²) < 4.78 is 149. The van der Waals surface area contributed by atoms with E-state index < -0.39 is 97.4 Å². The van der Waals surface area contributed by atoms with Crippen LogP contribution in [0.15, 0.2) is 53.4 Å². The van der Waals surface area contributed by atoms with Gasteiger partial charge in [0.1, 0.15) is 5.75 Å². The van der Waals surface area contributed by atoms with E-state index in [1.54, 1.807) is 12.1 Å². The number of anilines is 1. The maximum absolute atomic E-state index is 15.0. The molecule has 54 heavy (non-hydrogen) atoms. The second-order valence-corrected chi connectivity index (χ2v) is 15.5. The van der Waals surface area contributed by atoms with Crippen molar-refractivity contribution in [3.05, 3.63) is 123 Å². The SMILES string of the molecule is COc1cc(C(=O)O)ccc1N(Cc1cc(C2CC2)cc(C(C)(C)C)c1)C(=O)CN(Cc1ccc(F)c(F)c1F)S(=O)(=O)c1c(F)c(F)c(F)c(F)c1F. The van der Waals surface area contributed by atoms with Crippen LogP contribution in [-0.4, -0.2) is 43.4 Å². The lowest BCUT2D eigenvalue weighted by Crippen LogP contribution is -2.43.